The van der Waals surface area contributed by atoms with Crippen molar-refractivity contribution in [1.29, 1.82) is 0 Å². The molecular weight excluding hydrogens is 343 g/mol. The smallest absolute Gasteiger partial charge is 0.253 e. The minimum absolute atomic E-state index is 0.193. The van der Waals surface area contributed by atoms with Crippen LogP contribution in [0.15, 0.2) is 42.5 Å². The van der Waals surface area contributed by atoms with Crippen molar-refractivity contribution in [3.63, 3.8) is 0 Å². The molecule has 0 atom stereocenters. The molecule has 1 heterocycles. The molecule has 24 heavy (non-hydrogen) atoms. The molecule has 126 valence electrons. The predicted molar refractivity (Wildman–Crippen MR) is 98.6 cm³/mol. The van der Waals surface area contributed by atoms with Crippen LogP contribution in [0.3, 0.4) is 0 Å². The van der Waals surface area contributed by atoms with E-state index >= 15 is 0 Å². The molecule has 0 saturated carbocycles. The number of nitrogens with zero attached hydrogens (tertiary/aromatic N) is 1. The van der Waals surface area contributed by atoms with Gasteiger partial charge in [-0.1, -0.05) is 47.5 Å². The van der Waals surface area contributed by atoms with Gasteiger partial charge in [0.1, 0.15) is 0 Å². The van der Waals surface area contributed by atoms with Crippen molar-refractivity contribution in [1.82, 2.24) is 10.2 Å². The van der Waals surface area contributed by atoms with E-state index in [1.807, 2.05) is 12.1 Å². The maximum absolute atomic E-state index is 12.3. The van der Waals surface area contributed by atoms with Crippen LogP contribution in [0.25, 0.3) is 0 Å². The second-order valence-corrected chi connectivity index (χ2v) is 6.95. The number of benzene rings is 2. The molecule has 2 aromatic carbocycles. The summed E-state index contributed by atoms with van der Waals surface area (Å²) in [5, 5.41) is 3.80. The van der Waals surface area contributed by atoms with Crippen LogP contribution in [0.5, 0.6) is 0 Å². The zero-order valence-electron chi connectivity index (χ0n) is 13.4. The molecule has 0 bridgehead atoms. The van der Waals surface area contributed by atoms with Gasteiger partial charge in [0.15, 0.2) is 0 Å². The number of halogens is 2. The van der Waals surface area contributed by atoms with Crippen LogP contribution >= 0.6 is 23.2 Å². The summed E-state index contributed by atoms with van der Waals surface area (Å²) < 4.78 is 0. The highest BCUT2D eigenvalue weighted by molar-refractivity contribution is 6.36. The lowest BCUT2D eigenvalue weighted by atomic mass is 10.1. The zero-order valence-corrected chi connectivity index (χ0v) is 14.9. The Morgan fingerprint density at radius 1 is 1.04 bits per heavy atom. The molecule has 3 rings (SSSR count). The molecular formula is C19H20Cl2N2O. The highest BCUT2D eigenvalue weighted by atomic mass is 35.5. The normalized spacial score (nSPS) is 14.8. The summed E-state index contributed by atoms with van der Waals surface area (Å²) >= 11 is 11.9. The minimum Gasteiger partial charge on any atom is -0.348 e. The fraction of sp³-hybridized carbons (Fsp3) is 0.316. The summed E-state index contributed by atoms with van der Waals surface area (Å²) in [6.45, 7) is 3.81. The van der Waals surface area contributed by atoms with E-state index in [0.29, 0.717) is 22.2 Å². The topological polar surface area (TPSA) is 32.3 Å². The lowest BCUT2D eigenvalue weighted by Gasteiger charge is -2.15. The van der Waals surface area contributed by atoms with E-state index in [1.165, 1.54) is 31.5 Å². The van der Waals surface area contributed by atoms with Gasteiger partial charge < -0.3 is 5.32 Å². The van der Waals surface area contributed by atoms with E-state index in [9.17, 15) is 4.79 Å². The quantitative estimate of drug-likeness (QED) is 0.847. The molecule has 1 amide bonds. The molecule has 5 heteroatoms. The monoisotopic (exact) mass is 362 g/mol. The number of likely N-dealkylation sites (tertiary alicyclic amines) is 1. The van der Waals surface area contributed by atoms with E-state index in [-0.39, 0.29) is 5.91 Å². The standard InChI is InChI=1S/C19H20Cl2N2O/c20-16-6-7-17(18(21)11-16)19(24)22-12-14-4-3-5-15(10-14)13-23-8-1-2-9-23/h3-7,10-11H,1-2,8-9,12-13H2,(H,22,24). The third-order valence-corrected chi connectivity index (χ3v) is 4.77. The van der Waals surface area contributed by atoms with Crippen molar-refractivity contribution in [2.24, 2.45) is 0 Å². The first-order chi connectivity index (χ1) is 11.6. The maximum Gasteiger partial charge on any atom is 0.253 e. The largest absolute Gasteiger partial charge is 0.348 e. The Balaban J connectivity index is 1.60. The zero-order chi connectivity index (χ0) is 16.9. The van der Waals surface area contributed by atoms with Crippen molar-refractivity contribution in [3.8, 4) is 0 Å². The first-order valence-electron chi connectivity index (χ1n) is 8.15. The number of carbonyl (C=O) groups is 1. The molecule has 0 radical (unpaired) electrons. The summed E-state index contributed by atoms with van der Waals surface area (Å²) in [6, 6.07) is 13.2. The van der Waals surface area contributed by atoms with Crippen LogP contribution in [0.4, 0.5) is 0 Å². The Labute approximate surface area is 152 Å². The maximum atomic E-state index is 12.3. The van der Waals surface area contributed by atoms with Gasteiger partial charge in [-0.3, -0.25) is 9.69 Å². The Morgan fingerprint density at radius 3 is 2.54 bits per heavy atom. The van der Waals surface area contributed by atoms with Crippen molar-refractivity contribution < 1.29 is 4.79 Å². The van der Waals surface area contributed by atoms with Crippen LogP contribution in [-0.4, -0.2) is 23.9 Å². The molecule has 1 N–H and O–H groups in total. The molecule has 1 aliphatic heterocycles. The van der Waals surface area contributed by atoms with Crippen molar-refractivity contribution in [3.05, 3.63) is 69.2 Å². The Bertz CT molecular complexity index is 727. The molecule has 1 aliphatic rings. The van der Waals surface area contributed by atoms with E-state index in [2.05, 4.69) is 22.3 Å². The van der Waals surface area contributed by atoms with Gasteiger partial charge in [-0.25, -0.2) is 0 Å². The van der Waals surface area contributed by atoms with Crippen LogP contribution in [0.2, 0.25) is 10.0 Å². The first kappa shape index (κ1) is 17.3. The average Bonchev–Trinajstić information content (AvgIpc) is 3.06. The number of carbonyl (C=O) groups excluding carboxylic acids is 1. The Morgan fingerprint density at radius 2 is 1.79 bits per heavy atom. The van der Waals surface area contributed by atoms with Crippen molar-refractivity contribution in [2.75, 3.05) is 13.1 Å². The number of hydrogen-bond donors (Lipinski definition) is 1. The van der Waals surface area contributed by atoms with Crippen molar-refractivity contribution >= 4 is 29.1 Å². The molecule has 1 fully saturated rings. The van der Waals surface area contributed by atoms with E-state index in [0.717, 1.165) is 12.1 Å². The van der Waals surface area contributed by atoms with Gasteiger partial charge in [0.2, 0.25) is 0 Å². The van der Waals surface area contributed by atoms with Gasteiger partial charge in [0, 0.05) is 18.1 Å². The Hall–Kier alpha value is -1.55. The van der Waals surface area contributed by atoms with Gasteiger partial charge in [-0.05, 0) is 55.3 Å². The summed E-state index contributed by atoms with van der Waals surface area (Å²) in [4.78, 5) is 14.7. The lowest BCUT2D eigenvalue weighted by molar-refractivity contribution is 0.0951. The molecule has 0 unspecified atom stereocenters. The van der Waals surface area contributed by atoms with E-state index in [1.54, 1.807) is 18.2 Å². The van der Waals surface area contributed by atoms with Gasteiger partial charge in [-0.2, -0.15) is 0 Å². The summed E-state index contributed by atoms with van der Waals surface area (Å²) in [6.07, 6.45) is 2.58. The lowest BCUT2D eigenvalue weighted by Crippen LogP contribution is -2.23. The second-order valence-electron chi connectivity index (χ2n) is 6.11. The van der Waals surface area contributed by atoms with Crippen LogP contribution < -0.4 is 5.32 Å². The Kier molecular flexibility index (Phi) is 5.77. The molecule has 2 aromatic rings. The number of hydrogen-bond acceptors (Lipinski definition) is 2. The highest BCUT2D eigenvalue weighted by Crippen LogP contribution is 2.21. The van der Waals surface area contributed by atoms with Gasteiger partial charge >= 0.3 is 0 Å². The first-order valence-corrected chi connectivity index (χ1v) is 8.91. The van der Waals surface area contributed by atoms with E-state index in [4.69, 9.17) is 23.2 Å². The van der Waals surface area contributed by atoms with E-state index < -0.39 is 0 Å². The van der Waals surface area contributed by atoms with Crippen LogP contribution in [0, 0.1) is 0 Å². The molecule has 0 aliphatic carbocycles. The highest BCUT2D eigenvalue weighted by Gasteiger charge is 2.13. The number of rotatable bonds is 5. The fourth-order valence-electron chi connectivity index (χ4n) is 2.99. The fourth-order valence-corrected chi connectivity index (χ4v) is 3.48. The van der Waals surface area contributed by atoms with Crippen molar-refractivity contribution in [2.45, 2.75) is 25.9 Å². The minimum atomic E-state index is -0.193. The average molecular weight is 363 g/mol. The second kappa shape index (κ2) is 8.02. The van der Waals surface area contributed by atoms with Crippen LogP contribution in [0.1, 0.15) is 34.3 Å². The van der Waals surface area contributed by atoms with Gasteiger partial charge in [-0.15, -0.1) is 0 Å². The summed E-state index contributed by atoms with van der Waals surface area (Å²) in [7, 11) is 0. The summed E-state index contributed by atoms with van der Waals surface area (Å²) in [5.41, 5.74) is 2.81. The molecule has 3 nitrogen and oxygen atoms in total. The third kappa shape index (κ3) is 4.50. The number of nitrogens with one attached hydrogen (secondary N) is 1. The summed E-state index contributed by atoms with van der Waals surface area (Å²) in [5.74, 6) is -0.193. The molecule has 0 spiro atoms. The molecule has 1 saturated heterocycles. The third-order valence-electron chi connectivity index (χ3n) is 4.23. The SMILES string of the molecule is O=C(NCc1cccc(CN2CCCC2)c1)c1ccc(Cl)cc1Cl. The predicted octanol–water partition coefficient (Wildman–Crippen LogP) is 4.52. The van der Waals surface area contributed by atoms with Crippen LogP contribution in [-0.2, 0) is 13.1 Å². The van der Waals surface area contributed by atoms with Gasteiger partial charge in [0.25, 0.3) is 5.91 Å². The number of amides is 1. The molecule has 0 aromatic heterocycles. The van der Waals surface area contributed by atoms with Gasteiger partial charge in [0.05, 0.1) is 10.6 Å².